The lowest BCUT2D eigenvalue weighted by Crippen LogP contribution is -2.38. The first-order valence-electron chi connectivity index (χ1n) is 7.29. The van der Waals surface area contributed by atoms with Gasteiger partial charge in [0.05, 0.1) is 0 Å². The summed E-state index contributed by atoms with van der Waals surface area (Å²) in [6, 6.07) is 7.03. The van der Waals surface area contributed by atoms with Gasteiger partial charge in [-0.3, -0.25) is 4.79 Å². The number of aliphatic hydroxyl groups excluding tert-OH is 1. The van der Waals surface area contributed by atoms with Crippen molar-refractivity contribution in [2.75, 3.05) is 26.2 Å². The molecule has 1 aromatic carbocycles. The van der Waals surface area contributed by atoms with Gasteiger partial charge >= 0.3 is 0 Å². The minimum absolute atomic E-state index is 0.0432. The van der Waals surface area contributed by atoms with E-state index in [0.717, 1.165) is 13.1 Å². The molecule has 0 amide bonds. The van der Waals surface area contributed by atoms with Gasteiger partial charge in [0.15, 0.2) is 5.78 Å². The first-order valence-corrected chi connectivity index (χ1v) is 7.29. The highest BCUT2D eigenvalue weighted by Gasteiger charge is 2.15. The maximum atomic E-state index is 11.2. The fourth-order valence-corrected chi connectivity index (χ4v) is 2.47. The SMILES string of the molecule is CC(=O)c1ccc(OC[C@@H](O)CN2CCCCC2)cc1. The molecule has 4 nitrogen and oxygen atoms in total. The number of β-amino-alcohol motifs (C(OH)–C–C–N with tert-alkyl or cyclic N) is 1. The summed E-state index contributed by atoms with van der Waals surface area (Å²) in [4.78, 5) is 13.4. The number of Topliss-reactive ketones (excluding diaryl/α,β-unsaturated/α-hetero) is 1. The van der Waals surface area contributed by atoms with Crippen molar-refractivity contribution in [3.8, 4) is 5.75 Å². The van der Waals surface area contributed by atoms with Crippen LogP contribution in [0.1, 0.15) is 36.5 Å². The van der Waals surface area contributed by atoms with Gasteiger partial charge < -0.3 is 14.7 Å². The number of piperidine rings is 1. The zero-order valence-corrected chi connectivity index (χ0v) is 12.0. The van der Waals surface area contributed by atoms with Crippen LogP contribution in [0.25, 0.3) is 0 Å². The monoisotopic (exact) mass is 277 g/mol. The summed E-state index contributed by atoms with van der Waals surface area (Å²) in [5.74, 6) is 0.731. The van der Waals surface area contributed by atoms with Gasteiger partial charge in [-0.2, -0.15) is 0 Å². The number of rotatable bonds is 6. The first-order chi connectivity index (χ1) is 9.65. The van der Waals surface area contributed by atoms with Gasteiger partial charge in [-0.15, -0.1) is 0 Å². The van der Waals surface area contributed by atoms with Crippen LogP contribution in [-0.4, -0.2) is 48.1 Å². The van der Waals surface area contributed by atoms with Gasteiger partial charge in [0.1, 0.15) is 18.5 Å². The summed E-state index contributed by atoms with van der Waals surface area (Å²) in [6.45, 7) is 4.65. The van der Waals surface area contributed by atoms with Crippen molar-refractivity contribution in [3.63, 3.8) is 0 Å². The Hall–Kier alpha value is -1.39. The molecule has 0 aliphatic carbocycles. The van der Waals surface area contributed by atoms with Crippen LogP contribution in [0.5, 0.6) is 5.75 Å². The number of likely N-dealkylation sites (tertiary alicyclic amines) is 1. The number of ether oxygens (including phenoxy) is 1. The normalized spacial score (nSPS) is 17.7. The molecule has 1 aliphatic rings. The van der Waals surface area contributed by atoms with Crippen LogP contribution in [0.3, 0.4) is 0 Å². The summed E-state index contributed by atoms with van der Waals surface area (Å²) in [5, 5.41) is 9.98. The molecule has 0 spiro atoms. The van der Waals surface area contributed by atoms with E-state index in [-0.39, 0.29) is 12.4 Å². The topological polar surface area (TPSA) is 49.8 Å². The van der Waals surface area contributed by atoms with Crippen molar-refractivity contribution < 1.29 is 14.6 Å². The average Bonchev–Trinajstić information content (AvgIpc) is 2.46. The highest BCUT2D eigenvalue weighted by Crippen LogP contribution is 2.13. The Morgan fingerprint density at radius 1 is 1.25 bits per heavy atom. The molecule has 0 radical (unpaired) electrons. The number of aliphatic hydroxyl groups is 1. The van der Waals surface area contributed by atoms with Crippen molar-refractivity contribution in [2.45, 2.75) is 32.3 Å². The maximum Gasteiger partial charge on any atom is 0.159 e. The molecule has 1 atom stereocenters. The Kier molecular flexibility index (Phi) is 5.56. The van der Waals surface area contributed by atoms with Crippen LogP contribution in [0.15, 0.2) is 24.3 Å². The van der Waals surface area contributed by atoms with Crippen LogP contribution < -0.4 is 4.74 Å². The number of hydrogen-bond acceptors (Lipinski definition) is 4. The standard InChI is InChI=1S/C16H23NO3/c1-13(18)14-5-7-16(8-6-14)20-12-15(19)11-17-9-3-2-4-10-17/h5-8,15,19H,2-4,9-12H2,1H3/t15-/m0/s1. The van der Waals surface area contributed by atoms with Gasteiger partial charge in [0.2, 0.25) is 0 Å². The molecule has 1 aromatic rings. The Morgan fingerprint density at radius 3 is 2.50 bits per heavy atom. The van der Waals surface area contributed by atoms with E-state index in [9.17, 15) is 9.90 Å². The van der Waals surface area contributed by atoms with E-state index >= 15 is 0 Å². The van der Waals surface area contributed by atoms with E-state index in [1.807, 2.05) is 0 Å². The zero-order chi connectivity index (χ0) is 14.4. The second kappa shape index (κ2) is 7.41. The number of carbonyl (C=O) groups excluding carboxylic acids is 1. The van der Waals surface area contributed by atoms with E-state index in [1.54, 1.807) is 24.3 Å². The maximum absolute atomic E-state index is 11.2. The molecule has 1 N–H and O–H groups in total. The molecule has 1 aliphatic heterocycles. The molecule has 0 unspecified atom stereocenters. The average molecular weight is 277 g/mol. The Balaban J connectivity index is 1.74. The lowest BCUT2D eigenvalue weighted by molar-refractivity contribution is 0.0617. The molecule has 110 valence electrons. The minimum Gasteiger partial charge on any atom is -0.491 e. The lowest BCUT2D eigenvalue weighted by atomic mass is 10.1. The van der Waals surface area contributed by atoms with Gasteiger partial charge in [-0.05, 0) is 57.1 Å². The number of nitrogens with zero attached hydrogens (tertiary/aromatic N) is 1. The molecule has 0 saturated carbocycles. The second-order valence-electron chi connectivity index (χ2n) is 5.41. The number of hydrogen-bond donors (Lipinski definition) is 1. The predicted octanol–water partition coefficient (Wildman–Crippen LogP) is 2.11. The largest absolute Gasteiger partial charge is 0.491 e. The van der Waals surface area contributed by atoms with Crippen LogP contribution in [0, 0.1) is 0 Å². The third kappa shape index (κ3) is 4.62. The molecule has 20 heavy (non-hydrogen) atoms. The molecule has 2 rings (SSSR count). The van der Waals surface area contributed by atoms with Gasteiger partial charge in [0, 0.05) is 12.1 Å². The van der Waals surface area contributed by atoms with Crippen molar-refractivity contribution >= 4 is 5.78 Å². The van der Waals surface area contributed by atoms with Crippen LogP contribution in [0.4, 0.5) is 0 Å². The molecular weight excluding hydrogens is 254 g/mol. The smallest absolute Gasteiger partial charge is 0.159 e. The Bertz CT molecular complexity index is 424. The summed E-state index contributed by atoms with van der Waals surface area (Å²) >= 11 is 0. The van der Waals surface area contributed by atoms with Crippen LogP contribution >= 0.6 is 0 Å². The summed E-state index contributed by atoms with van der Waals surface area (Å²) in [7, 11) is 0. The van der Waals surface area contributed by atoms with Gasteiger partial charge in [-0.25, -0.2) is 0 Å². The van der Waals surface area contributed by atoms with Crippen molar-refractivity contribution in [1.82, 2.24) is 4.90 Å². The summed E-state index contributed by atoms with van der Waals surface area (Å²) in [6.07, 6.45) is 3.27. The lowest BCUT2D eigenvalue weighted by Gasteiger charge is -2.28. The number of benzene rings is 1. The van der Waals surface area contributed by atoms with E-state index in [2.05, 4.69) is 4.90 Å². The Labute approximate surface area is 120 Å². The quantitative estimate of drug-likeness (QED) is 0.809. The summed E-state index contributed by atoms with van der Waals surface area (Å²) in [5.41, 5.74) is 0.672. The number of ketones is 1. The Morgan fingerprint density at radius 2 is 1.90 bits per heavy atom. The highest BCUT2D eigenvalue weighted by molar-refractivity contribution is 5.94. The van der Waals surface area contributed by atoms with Crippen LogP contribution in [-0.2, 0) is 0 Å². The number of carbonyl (C=O) groups is 1. The van der Waals surface area contributed by atoms with E-state index in [0.29, 0.717) is 17.9 Å². The first kappa shape index (κ1) is 15.0. The molecular formula is C16H23NO3. The predicted molar refractivity (Wildman–Crippen MR) is 78.2 cm³/mol. The van der Waals surface area contributed by atoms with Crippen molar-refractivity contribution in [2.24, 2.45) is 0 Å². The third-order valence-corrected chi connectivity index (χ3v) is 3.62. The van der Waals surface area contributed by atoms with Gasteiger partial charge in [0.25, 0.3) is 0 Å². The summed E-state index contributed by atoms with van der Waals surface area (Å²) < 4.78 is 5.56. The zero-order valence-electron chi connectivity index (χ0n) is 12.0. The second-order valence-corrected chi connectivity index (χ2v) is 5.41. The minimum atomic E-state index is -0.472. The molecule has 4 heteroatoms. The molecule has 0 aromatic heterocycles. The molecule has 1 heterocycles. The highest BCUT2D eigenvalue weighted by atomic mass is 16.5. The fraction of sp³-hybridized carbons (Fsp3) is 0.562. The molecule has 1 fully saturated rings. The van der Waals surface area contributed by atoms with E-state index < -0.39 is 6.10 Å². The van der Waals surface area contributed by atoms with E-state index in [4.69, 9.17) is 4.74 Å². The van der Waals surface area contributed by atoms with Crippen LogP contribution in [0.2, 0.25) is 0 Å². The molecule has 0 bridgehead atoms. The fourth-order valence-electron chi connectivity index (χ4n) is 2.47. The van der Waals surface area contributed by atoms with Crippen molar-refractivity contribution in [1.29, 1.82) is 0 Å². The van der Waals surface area contributed by atoms with Crippen molar-refractivity contribution in [3.05, 3.63) is 29.8 Å². The molecule has 1 saturated heterocycles. The van der Waals surface area contributed by atoms with Gasteiger partial charge in [-0.1, -0.05) is 6.42 Å². The van der Waals surface area contributed by atoms with E-state index in [1.165, 1.54) is 26.2 Å². The third-order valence-electron chi connectivity index (χ3n) is 3.62.